The fraction of sp³-hybridized carbons (Fsp3) is 0.0667. The number of aliphatic hydroxyl groups is 1. The molecule has 0 bridgehead atoms. The minimum absolute atomic E-state index is 0.0218. The summed E-state index contributed by atoms with van der Waals surface area (Å²) in [6.07, 6.45) is 2.86. The highest BCUT2D eigenvalue weighted by molar-refractivity contribution is 6.30. The third-order valence-corrected chi connectivity index (χ3v) is 2.85. The minimum Gasteiger partial charge on any atom is -0.384 e. The van der Waals surface area contributed by atoms with Crippen molar-refractivity contribution in [3.63, 3.8) is 0 Å². The van der Waals surface area contributed by atoms with Crippen LogP contribution in [0.1, 0.15) is 15.9 Å². The maximum atomic E-state index is 13.3. The van der Waals surface area contributed by atoms with E-state index in [1.165, 1.54) is 30.6 Å². The third kappa shape index (κ3) is 3.78. The summed E-state index contributed by atoms with van der Waals surface area (Å²) in [4.78, 5) is 16.0. The van der Waals surface area contributed by atoms with E-state index in [4.69, 9.17) is 16.7 Å². The van der Waals surface area contributed by atoms with Crippen molar-refractivity contribution in [2.45, 2.75) is 0 Å². The first-order valence-electron chi connectivity index (χ1n) is 5.92. The van der Waals surface area contributed by atoms with Crippen molar-refractivity contribution in [2.24, 2.45) is 0 Å². The Balaban J connectivity index is 2.26. The van der Waals surface area contributed by atoms with Gasteiger partial charge in [-0.25, -0.2) is 4.39 Å². The summed E-state index contributed by atoms with van der Waals surface area (Å²) in [5.74, 6) is 4.00. The number of benzene rings is 1. The topological polar surface area (TPSA) is 62.2 Å². The molecular formula is C15H10ClFN2O2. The number of hydrogen-bond acceptors (Lipinski definition) is 3. The number of carbonyl (C=O) groups excluding carboxylic acids is 1. The van der Waals surface area contributed by atoms with E-state index in [1.54, 1.807) is 0 Å². The Hall–Kier alpha value is -2.42. The molecule has 0 saturated heterocycles. The van der Waals surface area contributed by atoms with Crippen LogP contribution in [0.3, 0.4) is 0 Å². The molecule has 21 heavy (non-hydrogen) atoms. The lowest BCUT2D eigenvalue weighted by atomic mass is 10.1. The van der Waals surface area contributed by atoms with Gasteiger partial charge in [0, 0.05) is 18.1 Å². The quantitative estimate of drug-likeness (QED) is 0.838. The van der Waals surface area contributed by atoms with Gasteiger partial charge in [-0.15, -0.1) is 0 Å². The van der Waals surface area contributed by atoms with Crippen LogP contribution in [0.15, 0.2) is 36.7 Å². The van der Waals surface area contributed by atoms with Crippen LogP contribution in [0.4, 0.5) is 10.1 Å². The van der Waals surface area contributed by atoms with E-state index in [0.717, 1.165) is 6.07 Å². The zero-order valence-corrected chi connectivity index (χ0v) is 11.5. The first kappa shape index (κ1) is 15.0. The van der Waals surface area contributed by atoms with Gasteiger partial charge in [0.2, 0.25) is 0 Å². The molecule has 0 unspecified atom stereocenters. The van der Waals surface area contributed by atoms with Crippen LogP contribution in [0, 0.1) is 17.7 Å². The minimum atomic E-state index is -0.621. The Labute approximate surface area is 125 Å². The summed E-state index contributed by atoms with van der Waals surface area (Å²) in [5, 5.41) is 11.2. The van der Waals surface area contributed by atoms with E-state index in [0.29, 0.717) is 5.56 Å². The van der Waals surface area contributed by atoms with E-state index in [9.17, 15) is 9.18 Å². The van der Waals surface area contributed by atoms with Crippen molar-refractivity contribution in [3.8, 4) is 11.8 Å². The number of rotatable bonds is 2. The second-order valence-corrected chi connectivity index (χ2v) is 4.37. The molecular weight excluding hydrogens is 295 g/mol. The first-order valence-corrected chi connectivity index (χ1v) is 6.29. The summed E-state index contributed by atoms with van der Waals surface area (Å²) < 4.78 is 13.3. The van der Waals surface area contributed by atoms with Gasteiger partial charge < -0.3 is 10.4 Å². The van der Waals surface area contributed by atoms with Crippen molar-refractivity contribution in [2.75, 3.05) is 11.9 Å². The lowest BCUT2D eigenvalue weighted by Gasteiger charge is -2.07. The summed E-state index contributed by atoms with van der Waals surface area (Å²) in [6, 6.07) is 5.46. The van der Waals surface area contributed by atoms with Crippen molar-refractivity contribution in [3.05, 3.63) is 58.6 Å². The van der Waals surface area contributed by atoms with Gasteiger partial charge in [-0.05, 0) is 24.3 Å². The number of hydrogen-bond donors (Lipinski definition) is 2. The number of nitrogens with one attached hydrogen (secondary N) is 1. The Kier molecular flexibility index (Phi) is 4.88. The van der Waals surface area contributed by atoms with Gasteiger partial charge in [0.05, 0.1) is 16.1 Å². The number of amides is 1. The van der Waals surface area contributed by atoms with Gasteiger partial charge in [0.25, 0.3) is 5.91 Å². The average molecular weight is 305 g/mol. The zero-order chi connectivity index (χ0) is 15.2. The molecule has 0 aliphatic heterocycles. The molecule has 0 atom stereocenters. The van der Waals surface area contributed by atoms with E-state index in [1.807, 2.05) is 0 Å². The van der Waals surface area contributed by atoms with Crippen LogP contribution in [0.25, 0.3) is 0 Å². The van der Waals surface area contributed by atoms with Gasteiger partial charge >= 0.3 is 0 Å². The molecule has 106 valence electrons. The van der Waals surface area contributed by atoms with Crippen LogP contribution in [-0.2, 0) is 0 Å². The molecule has 0 saturated carbocycles. The SMILES string of the molecule is O=C(Nc1ccc(Cl)c(F)c1)c1ccncc1C#CCO. The normalized spacial score (nSPS) is 9.67. The first-order chi connectivity index (χ1) is 10.1. The summed E-state index contributed by atoms with van der Waals surface area (Å²) in [6.45, 7) is -0.321. The predicted octanol–water partition coefficient (Wildman–Crippen LogP) is 2.47. The Morgan fingerprint density at radius 2 is 2.24 bits per heavy atom. The number of anilines is 1. The molecule has 2 N–H and O–H groups in total. The fourth-order valence-electron chi connectivity index (χ4n) is 1.60. The lowest BCUT2D eigenvalue weighted by molar-refractivity contribution is 0.102. The number of nitrogens with zero attached hydrogens (tertiary/aromatic N) is 1. The van der Waals surface area contributed by atoms with Crippen LogP contribution in [0.2, 0.25) is 5.02 Å². The number of halogens is 2. The van der Waals surface area contributed by atoms with Gasteiger partial charge in [-0.3, -0.25) is 9.78 Å². The highest BCUT2D eigenvalue weighted by Crippen LogP contribution is 2.19. The van der Waals surface area contributed by atoms with Crippen LogP contribution in [-0.4, -0.2) is 22.6 Å². The molecule has 2 aromatic rings. The second-order valence-electron chi connectivity index (χ2n) is 3.96. The molecule has 0 aliphatic carbocycles. The zero-order valence-electron chi connectivity index (χ0n) is 10.7. The van der Waals surface area contributed by atoms with Gasteiger partial charge in [-0.1, -0.05) is 23.4 Å². The molecule has 4 nitrogen and oxygen atoms in total. The van der Waals surface area contributed by atoms with E-state index in [-0.39, 0.29) is 22.9 Å². The largest absolute Gasteiger partial charge is 0.384 e. The molecule has 0 aliphatic rings. The van der Waals surface area contributed by atoms with Crippen molar-refractivity contribution in [1.29, 1.82) is 0 Å². The van der Waals surface area contributed by atoms with Crippen molar-refractivity contribution >= 4 is 23.2 Å². The molecule has 0 fully saturated rings. The number of pyridine rings is 1. The number of aromatic nitrogens is 1. The average Bonchev–Trinajstić information content (AvgIpc) is 2.49. The highest BCUT2D eigenvalue weighted by atomic mass is 35.5. The van der Waals surface area contributed by atoms with Crippen LogP contribution >= 0.6 is 11.6 Å². The Morgan fingerprint density at radius 1 is 1.43 bits per heavy atom. The Morgan fingerprint density at radius 3 is 2.95 bits per heavy atom. The molecule has 2 rings (SSSR count). The standard InChI is InChI=1S/C15H10ClFN2O2/c16-13-4-3-11(8-14(13)17)19-15(21)12-5-6-18-9-10(12)2-1-7-20/h3-6,8-9,20H,7H2,(H,19,21). The number of carbonyl (C=O) groups is 1. The monoisotopic (exact) mass is 304 g/mol. The van der Waals surface area contributed by atoms with Gasteiger partial charge in [0.1, 0.15) is 12.4 Å². The van der Waals surface area contributed by atoms with Crippen LogP contribution in [0.5, 0.6) is 0 Å². The molecule has 0 spiro atoms. The molecule has 1 aromatic carbocycles. The summed E-state index contributed by atoms with van der Waals surface area (Å²) in [7, 11) is 0. The molecule has 0 radical (unpaired) electrons. The predicted molar refractivity (Wildman–Crippen MR) is 77.6 cm³/mol. The van der Waals surface area contributed by atoms with Crippen molar-refractivity contribution < 1.29 is 14.3 Å². The van der Waals surface area contributed by atoms with Gasteiger partial charge in [0.15, 0.2) is 0 Å². The molecule has 1 aromatic heterocycles. The highest BCUT2D eigenvalue weighted by Gasteiger charge is 2.11. The molecule has 1 amide bonds. The van der Waals surface area contributed by atoms with Gasteiger partial charge in [-0.2, -0.15) is 0 Å². The lowest BCUT2D eigenvalue weighted by Crippen LogP contribution is -2.14. The molecule has 6 heteroatoms. The third-order valence-electron chi connectivity index (χ3n) is 2.55. The Bertz CT molecular complexity index is 738. The van der Waals surface area contributed by atoms with E-state index >= 15 is 0 Å². The second kappa shape index (κ2) is 6.84. The van der Waals surface area contributed by atoms with Crippen LogP contribution < -0.4 is 5.32 Å². The van der Waals surface area contributed by atoms with E-state index in [2.05, 4.69) is 22.1 Å². The summed E-state index contributed by atoms with van der Waals surface area (Å²) >= 11 is 5.58. The van der Waals surface area contributed by atoms with Crippen molar-refractivity contribution in [1.82, 2.24) is 4.98 Å². The summed E-state index contributed by atoms with van der Waals surface area (Å²) in [5.41, 5.74) is 0.930. The maximum Gasteiger partial charge on any atom is 0.257 e. The molecule has 1 heterocycles. The fourth-order valence-corrected chi connectivity index (χ4v) is 1.72. The number of aliphatic hydroxyl groups excluding tert-OH is 1. The van der Waals surface area contributed by atoms with E-state index < -0.39 is 11.7 Å². The smallest absolute Gasteiger partial charge is 0.257 e. The maximum absolute atomic E-state index is 13.3.